The van der Waals surface area contributed by atoms with Gasteiger partial charge in [0.05, 0.1) is 12.8 Å². The van der Waals surface area contributed by atoms with E-state index in [1.807, 2.05) is 12.1 Å². The fraction of sp³-hybridized carbons (Fsp3) is 0.250. The normalized spacial score (nSPS) is 10.3. The zero-order chi connectivity index (χ0) is 13.0. The summed E-state index contributed by atoms with van der Waals surface area (Å²) in [6.45, 7) is 2.17. The van der Waals surface area contributed by atoms with Crippen molar-refractivity contribution in [2.24, 2.45) is 0 Å². The minimum atomic E-state index is 0.695. The molecular formula is C16H19NO. The van der Waals surface area contributed by atoms with Crippen LogP contribution in [0.25, 0.3) is 0 Å². The molecule has 2 rings (SSSR count). The molecule has 0 aromatic heterocycles. The molecule has 0 atom stereocenters. The van der Waals surface area contributed by atoms with Gasteiger partial charge in [-0.1, -0.05) is 37.3 Å². The Morgan fingerprint density at radius 2 is 1.56 bits per heavy atom. The maximum Gasteiger partial charge on any atom is 0.141 e. The van der Waals surface area contributed by atoms with Gasteiger partial charge in [0.2, 0.25) is 0 Å². The summed E-state index contributed by atoms with van der Waals surface area (Å²) in [5.74, 6) is 0.736. The quantitative estimate of drug-likeness (QED) is 0.832. The van der Waals surface area contributed by atoms with Crippen LogP contribution in [0.1, 0.15) is 23.6 Å². The number of anilines is 1. The molecule has 94 valence electrons. The molecule has 2 nitrogen and oxygen atoms in total. The number of hydrogen-bond donors (Lipinski definition) is 1. The molecule has 0 bridgehead atoms. The van der Waals surface area contributed by atoms with E-state index in [-0.39, 0.29) is 0 Å². The lowest BCUT2D eigenvalue weighted by atomic mass is 10.0. The third-order valence-electron chi connectivity index (χ3n) is 3.13. The van der Waals surface area contributed by atoms with Crippen molar-refractivity contribution in [3.8, 4) is 5.75 Å². The van der Waals surface area contributed by atoms with Crippen molar-refractivity contribution in [2.75, 3.05) is 12.8 Å². The minimum Gasteiger partial charge on any atom is -0.495 e. The fourth-order valence-electron chi connectivity index (χ4n) is 2.02. The largest absolute Gasteiger partial charge is 0.495 e. The van der Waals surface area contributed by atoms with Gasteiger partial charge in [0.15, 0.2) is 0 Å². The second kappa shape index (κ2) is 5.58. The van der Waals surface area contributed by atoms with Crippen molar-refractivity contribution < 1.29 is 4.74 Å². The van der Waals surface area contributed by atoms with E-state index in [0.29, 0.717) is 5.69 Å². The predicted molar refractivity (Wildman–Crippen MR) is 76.0 cm³/mol. The number of ether oxygens (including phenoxy) is 1. The SMILES string of the molecule is CCc1ccc(Cc2ccc(OC)c(N)c2)cc1. The number of benzene rings is 2. The van der Waals surface area contributed by atoms with Gasteiger partial charge < -0.3 is 10.5 Å². The smallest absolute Gasteiger partial charge is 0.141 e. The molecular weight excluding hydrogens is 222 g/mol. The average molecular weight is 241 g/mol. The van der Waals surface area contributed by atoms with Crippen molar-refractivity contribution >= 4 is 5.69 Å². The van der Waals surface area contributed by atoms with E-state index < -0.39 is 0 Å². The van der Waals surface area contributed by atoms with Crippen LogP contribution in [-0.2, 0) is 12.8 Å². The lowest BCUT2D eigenvalue weighted by Crippen LogP contribution is -1.95. The van der Waals surface area contributed by atoms with Crippen LogP contribution in [0.4, 0.5) is 5.69 Å². The summed E-state index contributed by atoms with van der Waals surface area (Å²) in [5.41, 5.74) is 10.5. The minimum absolute atomic E-state index is 0.695. The van der Waals surface area contributed by atoms with E-state index in [1.165, 1.54) is 16.7 Å². The molecule has 0 unspecified atom stereocenters. The van der Waals surface area contributed by atoms with Gasteiger partial charge in [0.25, 0.3) is 0 Å². The Balaban J connectivity index is 2.15. The zero-order valence-corrected chi connectivity index (χ0v) is 10.9. The highest BCUT2D eigenvalue weighted by Gasteiger charge is 2.02. The second-order valence-electron chi connectivity index (χ2n) is 4.42. The third kappa shape index (κ3) is 2.83. The van der Waals surface area contributed by atoms with Crippen molar-refractivity contribution in [1.82, 2.24) is 0 Å². The Hall–Kier alpha value is -1.96. The highest BCUT2D eigenvalue weighted by molar-refractivity contribution is 5.54. The second-order valence-corrected chi connectivity index (χ2v) is 4.42. The molecule has 2 N–H and O–H groups in total. The first-order valence-electron chi connectivity index (χ1n) is 6.23. The Morgan fingerprint density at radius 3 is 2.11 bits per heavy atom. The lowest BCUT2D eigenvalue weighted by Gasteiger charge is -2.07. The standard InChI is InChI=1S/C16H19NO/c1-3-12-4-6-13(7-5-12)10-14-8-9-16(18-2)15(17)11-14/h4-9,11H,3,10,17H2,1-2H3. The molecule has 0 radical (unpaired) electrons. The highest BCUT2D eigenvalue weighted by atomic mass is 16.5. The van der Waals surface area contributed by atoms with E-state index in [9.17, 15) is 0 Å². The number of nitrogens with two attached hydrogens (primary N) is 1. The molecule has 0 aliphatic heterocycles. The molecule has 0 spiro atoms. The van der Waals surface area contributed by atoms with Crippen LogP contribution < -0.4 is 10.5 Å². The molecule has 2 aromatic carbocycles. The van der Waals surface area contributed by atoms with Gasteiger partial charge in [0.1, 0.15) is 5.75 Å². The summed E-state index contributed by atoms with van der Waals surface area (Å²) >= 11 is 0. The van der Waals surface area contributed by atoms with Gasteiger partial charge in [0, 0.05) is 0 Å². The van der Waals surface area contributed by atoms with Crippen LogP contribution in [0, 0.1) is 0 Å². The van der Waals surface area contributed by atoms with Gasteiger partial charge >= 0.3 is 0 Å². The van der Waals surface area contributed by atoms with Crippen molar-refractivity contribution in [3.05, 3.63) is 59.2 Å². The van der Waals surface area contributed by atoms with E-state index in [2.05, 4.69) is 37.3 Å². The maximum atomic E-state index is 5.91. The third-order valence-corrected chi connectivity index (χ3v) is 3.13. The predicted octanol–water partition coefficient (Wildman–Crippen LogP) is 3.43. The molecule has 2 aromatic rings. The molecule has 0 saturated carbocycles. The molecule has 2 heteroatoms. The Bertz CT molecular complexity index is 517. The summed E-state index contributed by atoms with van der Waals surface area (Å²) in [6.07, 6.45) is 1.98. The van der Waals surface area contributed by atoms with Gasteiger partial charge in [-0.2, -0.15) is 0 Å². The average Bonchev–Trinajstić information content (AvgIpc) is 2.40. The number of rotatable bonds is 4. The number of methoxy groups -OCH3 is 1. The molecule has 0 saturated heterocycles. The summed E-state index contributed by atoms with van der Waals surface area (Å²) < 4.78 is 5.16. The molecule has 0 aliphatic rings. The highest BCUT2D eigenvalue weighted by Crippen LogP contribution is 2.23. The summed E-state index contributed by atoms with van der Waals surface area (Å²) in [4.78, 5) is 0. The monoisotopic (exact) mass is 241 g/mol. The molecule has 0 amide bonds. The number of aryl methyl sites for hydroxylation is 1. The first kappa shape index (κ1) is 12.5. The zero-order valence-electron chi connectivity index (χ0n) is 10.9. The first-order valence-corrected chi connectivity index (χ1v) is 6.23. The Morgan fingerprint density at radius 1 is 0.944 bits per heavy atom. The van der Waals surface area contributed by atoms with Crippen LogP contribution >= 0.6 is 0 Å². The van der Waals surface area contributed by atoms with Gasteiger partial charge in [-0.25, -0.2) is 0 Å². The topological polar surface area (TPSA) is 35.2 Å². The first-order chi connectivity index (χ1) is 8.72. The summed E-state index contributed by atoms with van der Waals surface area (Å²) in [7, 11) is 1.63. The molecule has 0 aliphatic carbocycles. The van der Waals surface area contributed by atoms with E-state index in [0.717, 1.165) is 18.6 Å². The fourth-order valence-corrected chi connectivity index (χ4v) is 2.02. The van der Waals surface area contributed by atoms with Crippen LogP contribution in [0.3, 0.4) is 0 Å². The van der Waals surface area contributed by atoms with Crippen LogP contribution in [0.15, 0.2) is 42.5 Å². The van der Waals surface area contributed by atoms with Gasteiger partial charge in [-0.3, -0.25) is 0 Å². The summed E-state index contributed by atoms with van der Waals surface area (Å²) in [5, 5.41) is 0. The van der Waals surface area contributed by atoms with Crippen molar-refractivity contribution in [2.45, 2.75) is 19.8 Å². The summed E-state index contributed by atoms with van der Waals surface area (Å²) in [6, 6.07) is 14.7. The van der Waals surface area contributed by atoms with E-state index in [4.69, 9.17) is 10.5 Å². The van der Waals surface area contributed by atoms with Crippen LogP contribution in [0.2, 0.25) is 0 Å². The Kier molecular flexibility index (Phi) is 3.88. The van der Waals surface area contributed by atoms with Crippen LogP contribution in [0.5, 0.6) is 5.75 Å². The number of nitrogen functional groups attached to an aromatic ring is 1. The van der Waals surface area contributed by atoms with E-state index >= 15 is 0 Å². The number of hydrogen-bond acceptors (Lipinski definition) is 2. The van der Waals surface area contributed by atoms with Crippen molar-refractivity contribution in [1.29, 1.82) is 0 Å². The lowest BCUT2D eigenvalue weighted by molar-refractivity contribution is 0.417. The maximum absolute atomic E-state index is 5.91. The Labute approximate surface area is 108 Å². The van der Waals surface area contributed by atoms with Gasteiger partial charge in [-0.15, -0.1) is 0 Å². The molecule has 0 heterocycles. The van der Waals surface area contributed by atoms with Gasteiger partial charge in [-0.05, 0) is 41.7 Å². The molecule has 0 fully saturated rings. The van der Waals surface area contributed by atoms with Crippen molar-refractivity contribution in [3.63, 3.8) is 0 Å². The molecule has 18 heavy (non-hydrogen) atoms. The van der Waals surface area contributed by atoms with Crippen LogP contribution in [-0.4, -0.2) is 7.11 Å². The van der Waals surface area contributed by atoms with E-state index in [1.54, 1.807) is 7.11 Å².